The topological polar surface area (TPSA) is 44.8 Å². The van der Waals surface area contributed by atoms with Gasteiger partial charge in [0.2, 0.25) is 0 Å². The highest BCUT2D eigenvalue weighted by atomic mass is 35.5. The zero-order chi connectivity index (χ0) is 21.2. The molecular formula is C24H22Cl2N4S. The number of hydrogen-bond donors (Lipinski definition) is 1. The van der Waals surface area contributed by atoms with Crippen LogP contribution in [-0.4, -0.2) is 32.9 Å². The molecule has 31 heavy (non-hydrogen) atoms. The van der Waals surface area contributed by atoms with Gasteiger partial charge in [0.15, 0.2) is 0 Å². The zero-order valence-electron chi connectivity index (χ0n) is 16.9. The first kappa shape index (κ1) is 20.7. The molecule has 0 spiro atoms. The lowest BCUT2D eigenvalue weighted by Crippen LogP contribution is -2.32. The number of piperidine rings is 1. The number of H-pyrrole nitrogens is 1. The van der Waals surface area contributed by atoms with Gasteiger partial charge in [-0.05, 0) is 38.1 Å². The highest BCUT2D eigenvalue weighted by molar-refractivity contribution is 7.10. The van der Waals surface area contributed by atoms with Crippen molar-refractivity contribution in [3.05, 3.63) is 80.9 Å². The van der Waals surface area contributed by atoms with E-state index in [9.17, 15) is 0 Å². The maximum Gasteiger partial charge on any atom is 0.137 e. The van der Waals surface area contributed by atoms with E-state index in [1.807, 2.05) is 42.6 Å². The Morgan fingerprint density at radius 2 is 1.81 bits per heavy atom. The third kappa shape index (κ3) is 4.70. The summed E-state index contributed by atoms with van der Waals surface area (Å²) in [5, 5.41) is 4.48. The smallest absolute Gasteiger partial charge is 0.137 e. The van der Waals surface area contributed by atoms with Gasteiger partial charge in [-0.1, -0.05) is 59.6 Å². The Morgan fingerprint density at radius 1 is 1.00 bits per heavy atom. The van der Waals surface area contributed by atoms with Crippen molar-refractivity contribution in [3.8, 4) is 22.6 Å². The summed E-state index contributed by atoms with van der Waals surface area (Å²) in [6.07, 6.45) is 4.20. The SMILES string of the molecule is Clc1ccc(-c2csc(C3CCN(Cc4cnc(-c5ccccc5)[nH]4)CC3)n2)cc1Cl. The molecule has 0 radical (unpaired) electrons. The Bertz CT molecular complexity index is 1160. The molecule has 1 aliphatic rings. The van der Waals surface area contributed by atoms with Crippen LogP contribution >= 0.6 is 34.5 Å². The van der Waals surface area contributed by atoms with Gasteiger partial charge in [-0.25, -0.2) is 9.97 Å². The number of aromatic nitrogens is 3. The van der Waals surface area contributed by atoms with E-state index in [1.54, 1.807) is 11.3 Å². The number of halogens is 2. The van der Waals surface area contributed by atoms with Crippen molar-refractivity contribution in [1.29, 1.82) is 0 Å². The molecule has 0 bridgehead atoms. The first-order valence-electron chi connectivity index (χ1n) is 10.4. The predicted molar refractivity (Wildman–Crippen MR) is 129 cm³/mol. The van der Waals surface area contributed by atoms with Crippen LogP contribution in [0.25, 0.3) is 22.6 Å². The molecule has 1 aliphatic heterocycles. The summed E-state index contributed by atoms with van der Waals surface area (Å²) in [7, 11) is 0. The summed E-state index contributed by atoms with van der Waals surface area (Å²) in [6, 6.07) is 15.9. The Labute approximate surface area is 195 Å². The van der Waals surface area contributed by atoms with Crippen LogP contribution in [0.2, 0.25) is 10.0 Å². The van der Waals surface area contributed by atoms with E-state index in [0.29, 0.717) is 16.0 Å². The van der Waals surface area contributed by atoms with E-state index in [-0.39, 0.29) is 0 Å². The van der Waals surface area contributed by atoms with Gasteiger partial charge in [0.05, 0.1) is 20.7 Å². The summed E-state index contributed by atoms with van der Waals surface area (Å²) < 4.78 is 0. The van der Waals surface area contributed by atoms with Crippen LogP contribution in [0.3, 0.4) is 0 Å². The highest BCUT2D eigenvalue weighted by Gasteiger charge is 2.23. The molecule has 158 valence electrons. The molecule has 7 heteroatoms. The lowest BCUT2D eigenvalue weighted by Gasteiger charge is -2.30. The Morgan fingerprint density at radius 3 is 2.58 bits per heavy atom. The molecule has 4 nitrogen and oxygen atoms in total. The maximum atomic E-state index is 6.17. The number of imidazole rings is 1. The average molecular weight is 469 g/mol. The molecule has 0 saturated carbocycles. The number of likely N-dealkylation sites (tertiary alicyclic amines) is 1. The monoisotopic (exact) mass is 468 g/mol. The fourth-order valence-corrected chi connectivity index (χ4v) is 5.32. The van der Waals surface area contributed by atoms with Crippen molar-refractivity contribution < 1.29 is 0 Å². The van der Waals surface area contributed by atoms with Crippen molar-refractivity contribution in [2.45, 2.75) is 25.3 Å². The average Bonchev–Trinajstić information content (AvgIpc) is 3.47. The van der Waals surface area contributed by atoms with Crippen molar-refractivity contribution in [2.24, 2.45) is 0 Å². The quantitative estimate of drug-likeness (QED) is 0.346. The fraction of sp³-hybridized carbons (Fsp3) is 0.250. The summed E-state index contributed by atoms with van der Waals surface area (Å²) >= 11 is 14.0. The molecule has 0 atom stereocenters. The van der Waals surface area contributed by atoms with E-state index < -0.39 is 0 Å². The minimum atomic E-state index is 0.513. The van der Waals surface area contributed by atoms with Crippen LogP contribution in [0.4, 0.5) is 0 Å². The van der Waals surface area contributed by atoms with Crippen molar-refractivity contribution in [1.82, 2.24) is 19.9 Å². The number of thiazole rings is 1. The lowest BCUT2D eigenvalue weighted by atomic mass is 9.97. The number of aromatic amines is 1. The third-order valence-electron chi connectivity index (χ3n) is 5.74. The number of nitrogens with one attached hydrogen (secondary N) is 1. The van der Waals surface area contributed by atoms with Crippen LogP contribution in [0.5, 0.6) is 0 Å². The molecule has 0 amide bonds. The number of nitrogens with zero attached hydrogens (tertiary/aromatic N) is 3. The fourth-order valence-electron chi connectivity index (χ4n) is 4.02. The number of benzene rings is 2. The van der Waals surface area contributed by atoms with Gasteiger partial charge in [0.1, 0.15) is 5.82 Å². The van der Waals surface area contributed by atoms with Gasteiger partial charge in [-0.15, -0.1) is 11.3 Å². The van der Waals surface area contributed by atoms with Crippen molar-refractivity contribution in [2.75, 3.05) is 13.1 Å². The lowest BCUT2D eigenvalue weighted by molar-refractivity contribution is 0.202. The van der Waals surface area contributed by atoms with E-state index >= 15 is 0 Å². The Hall–Kier alpha value is -2.18. The molecule has 4 aromatic rings. The molecule has 1 fully saturated rings. The minimum absolute atomic E-state index is 0.513. The van der Waals surface area contributed by atoms with Crippen LogP contribution < -0.4 is 0 Å². The van der Waals surface area contributed by atoms with Crippen LogP contribution in [0, 0.1) is 0 Å². The van der Waals surface area contributed by atoms with Crippen LogP contribution in [0.15, 0.2) is 60.1 Å². The molecule has 2 aromatic heterocycles. The number of hydrogen-bond acceptors (Lipinski definition) is 4. The molecule has 5 rings (SSSR count). The molecule has 3 heterocycles. The van der Waals surface area contributed by atoms with Gasteiger partial charge in [0, 0.05) is 40.9 Å². The van der Waals surface area contributed by atoms with Crippen LogP contribution in [0.1, 0.15) is 29.5 Å². The van der Waals surface area contributed by atoms with Crippen LogP contribution in [-0.2, 0) is 6.54 Å². The minimum Gasteiger partial charge on any atom is -0.341 e. The van der Waals surface area contributed by atoms with E-state index in [0.717, 1.165) is 60.8 Å². The van der Waals surface area contributed by atoms with Gasteiger partial charge in [0.25, 0.3) is 0 Å². The highest BCUT2D eigenvalue weighted by Crippen LogP contribution is 2.34. The maximum absolute atomic E-state index is 6.17. The number of rotatable bonds is 5. The van der Waals surface area contributed by atoms with Gasteiger partial charge in [-0.2, -0.15) is 0 Å². The Kier molecular flexibility index (Phi) is 6.10. The largest absolute Gasteiger partial charge is 0.341 e. The summed E-state index contributed by atoms with van der Waals surface area (Å²) in [6.45, 7) is 3.02. The molecular weight excluding hydrogens is 447 g/mol. The molecule has 0 unspecified atom stereocenters. The summed E-state index contributed by atoms with van der Waals surface area (Å²) in [5.41, 5.74) is 4.28. The second-order valence-electron chi connectivity index (χ2n) is 7.87. The van der Waals surface area contributed by atoms with Gasteiger partial charge < -0.3 is 4.98 Å². The predicted octanol–water partition coefficient (Wildman–Crippen LogP) is 6.89. The molecule has 1 N–H and O–H groups in total. The standard InChI is InChI=1S/C24H22Cl2N4S/c25-20-7-6-18(12-21(20)26)22-15-31-24(29-22)17-8-10-30(11-9-17)14-19-13-27-23(28-19)16-4-2-1-3-5-16/h1-7,12-13,15,17H,8-11,14H2,(H,27,28). The van der Waals surface area contributed by atoms with E-state index in [2.05, 4.69) is 32.4 Å². The Balaban J connectivity index is 1.19. The molecule has 2 aromatic carbocycles. The summed E-state index contributed by atoms with van der Waals surface area (Å²) in [5.74, 6) is 1.45. The summed E-state index contributed by atoms with van der Waals surface area (Å²) in [4.78, 5) is 15.4. The molecule has 1 saturated heterocycles. The van der Waals surface area contributed by atoms with Gasteiger partial charge in [-0.3, -0.25) is 4.90 Å². The second kappa shape index (κ2) is 9.13. The van der Waals surface area contributed by atoms with Crippen molar-refractivity contribution >= 4 is 34.5 Å². The molecule has 0 aliphatic carbocycles. The first-order valence-corrected chi connectivity index (χ1v) is 12.0. The normalized spacial score (nSPS) is 15.4. The first-order chi connectivity index (χ1) is 15.2. The van der Waals surface area contributed by atoms with E-state index in [1.165, 1.54) is 5.01 Å². The zero-order valence-corrected chi connectivity index (χ0v) is 19.2. The third-order valence-corrected chi connectivity index (χ3v) is 7.49. The second-order valence-corrected chi connectivity index (χ2v) is 9.58. The van der Waals surface area contributed by atoms with Crippen molar-refractivity contribution in [3.63, 3.8) is 0 Å². The van der Waals surface area contributed by atoms with Gasteiger partial charge >= 0.3 is 0 Å². The van der Waals surface area contributed by atoms with E-state index in [4.69, 9.17) is 28.2 Å².